The molecule has 0 aromatic rings. The minimum absolute atomic E-state index is 0.101. The molecule has 0 unspecified atom stereocenters. The predicted molar refractivity (Wildman–Crippen MR) is 61.9 cm³/mol. The van der Waals surface area contributed by atoms with Gasteiger partial charge in [-0.15, -0.1) is 0 Å². The fourth-order valence-electron chi connectivity index (χ4n) is 3.93. The Bertz CT molecular complexity index is 310. The van der Waals surface area contributed by atoms with Crippen molar-refractivity contribution in [1.82, 2.24) is 0 Å². The Morgan fingerprint density at radius 3 is 3.00 bits per heavy atom. The van der Waals surface area contributed by atoms with Gasteiger partial charge in [0.05, 0.1) is 18.8 Å². The molecule has 7 atom stereocenters. The smallest absolute Gasteiger partial charge is 0.187 e. The van der Waals surface area contributed by atoms with Gasteiger partial charge in [-0.1, -0.05) is 22.6 Å². The molecule has 0 N–H and O–H groups in total. The summed E-state index contributed by atoms with van der Waals surface area (Å²) in [6.07, 6.45) is 3.13. The molecule has 1 saturated carbocycles. The lowest BCUT2D eigenvalue weighted by Gasteiger charge is -2.43. The third-order valence-corrected chi connectivity index (χ3v) is 6.01. The van der Waals surface area contributed by atoms with Crippen LogP contribution < -0.4 is 0 Å². The Morgan fingerprint density at radius 1 is 1.27 bits per heavy atom. The average Bonchev–Trinajstić information content (AvgIpc) is 2.76. The summed E-state index contributed by atoms with van der Waals surface area (Å²) in [4.78, 5) is 0. The molecule has 3 heterocycles. The monoisotopic (exact) mass is 322 g/mol. The lowest BCUT2D eigenvalue weighted by atomic mass is 9.69. The summed E-state index contributed by atoms with van der Waals surface area (Å²) in [6.45, 7) is 2.96. The topological polar surface area (TPSA) is 27.7 Å². The third kappa shape index (κ3) is 1.07. The lowest BCUT2D eigenvalue weighted by Crippen LogP contribution is -2.53. The van der Waals surface area contributed by atoms with Crippen LogP contribution in [0.15, 0.2) is 0 Å². The maximum absolute atomic E-state index is 6.23. The zero-order valence-electron chi connectivity index (χ0n) is 8.69. The molecule has 1 aliphatic carbocycles. The first-order chi connectivity index (χ1) is 7.18. The maximum Gasteiger partial charge on any atom is 0.187 e. The van der Waals surface area contributed by atoms with Crippen LogP contribution in [0.4, 0.5) is 0 Å². The predicted octanol–water partition coefficient (Wildman–Crippen LogP) is 1.73. The molecule has 0 radical (unpaired) electrons. The van der Waals surface area contributed by atoms with Gasteiger partial charge in [-0.05, 0) is 25.7 Å². The van der Waals surface area contributed by atoms with Crippen LogP contribution in [0.3, 0.4) is 0 Å². The molecule has 3 nitrogen and oxygen atoms in total. The van der Waals surface area contributed by atoms with E-state index < -0.39 is 0 Å². The van der Waals surface area contributed by atoms with Gasteiger partial charge in [-0.2, -0.15) is 0 Å². The van der Waals surface area contributed by atoms with E-state index in [4.69, 9.17) is 14.2 Å². The first kappa shape index (κ1) is 9.62. The van der Waals surface area contributed by atoms with Crippen LogP contribution >= 0.6 is 22.6 Å². The Balaban J connectivity index is 1.81. The number of halogens is 1. The highest BCUT2D eigenvalue weighted by atomic mass is 127. The number of alkyl halides is 1. The second kappa shape index (κ2) is 2.89. The summed E-state index contributed by atoms with van der Waals surface area (Å²) < 4.78 is 18.6. The zero-order chi connectivity index (χ0) is 10.2. The number of rotatable bonds is 0. The van der Waals surface area contributed by atoms with E-state index in [0.29, 0.717) is 28.0 Å². The molecule has 15 heavy (non-hydrogen) atoms. The molecule has 4 fully saturated rings. The van der Waals surface area contributed by atoms with Crippen molar-refractivity contribution in [3.63, 3.8) is 0 Å². The highest BCUT2D eigenvalue weighted by Crippen LogP contribution is 2.57. The Morgan fingerprint density at radius 2 is 2.13 bits per heavy atom. The molecule has 0 aromatic carbocycles. The lowest BCUT2D eigenvalue weighted by molar-refractivity contribution is -0.234. The van der Waals surface area contributed by atoms with Gasteiger partial charge >= 0.3 is 0 Å². The van der Waals surface area contributed by atoms with E-state index in [0.717, 1.165) is 6.61 Å². The van der Waals surface area contributed by atoms with Crippen LogP contribution in [0.2, 0.25) is 0 Å². The largest absolute Gasteiger partial charge is 0.365 e. The standard InChI is InChI=1S/C11H15IO3/c1-11-6-3-8(15-11)7(12)2-5(6)9-4-13-10(11)14-9/h5-10H,2-4H2,1H3/t5-,6+,7-,8-,9+,10+,11+/m0/s1. The summed E-state index contributed by atoms with van der Waals surface area (Å²) in [5, 5.41) is 0. The van der Waals surface area contributed by atoms with Gasteiger partial charge in [0, 0.05) is 9.84 Å². The summed E-state index contributed by atoms with van der Waals surface area (Å²) in [7, 11) is 0. The molecule has 4 heteroatoms. The minimum Gasteiger partial charge on any atom is -0.365 e. The van der Waals surface area contributed by atoms with Crippen molar-refractivity contribution in [2.75, 3.05) is 6.61 Å². The van der Waals surface area contributed by atoms with E-state index in [9.17, 15) is 0 Å². The van der Waals surface area contributed by atoms with Gasteiger partial charge in [0.2, 0.25) is 0 Å². The van der Waals surface area contributed by atoms with E-state index in [2.05, 4.69) is 29.5 Å². The highest BCUT2D eigenvalue weighted by Gasteiger charge is 2.65. The minimum atomic E-state index is -0.164. The molecular weight excluding hydrogens is 307 g/mol. The molecular formula is C11H15IO3. The number of hydrogen-bond donors (Lipinski definition) is 0. The van der Waals surface area contributed by atoms with Gasteiger partial charge in [-0.25, -0.2) is 0 Å². The Kier molecular flexibility index (Phi) is 1.85. The molecule has 0 aromatic heterocycles. The second-order valence-electron chi connectivity index (χ2n) is 5.44. The SMILES string of the molecule is C[C@@]12O[C@H]3C[C@@H]1[C@H](C[C@@H]3I)[C@H]1CO[C@@H]2O1. The van der Waals surface area contributed by atoms with Gasteiger partial charge in [0.15, 0.2) is 6.29 Å². The number of hydrogen-bond acceptors (Lipinski definition) is 3. The molecule has 0 amide bonds. The molecule has 3 aliphatic heterocycles. The average molecular weight is 322 g/mol. The van der Waals surface area contributed by atoms with Crippen molar-refractivity contribution in [3.05, 3.63) is 0 Å². The van der Waals surface area contributed by atoms with Crippen LogP contribution in [0.1, 0.15) is 19.8 Å². The van der Waals surface area contributed by atoms with E-state index in [1.807, 2.05) is 0 Å². The van der Waals surface area contributed by atoms with Crippen molar-refractivity contribution in [2.45, 2.75) is 47.8 Å². The summed E-state index contributed by atoms with van der Waals surface area (Å²) in [5.41, 5.74) is -0.164. The fraction of sp³-hybridized carbons (Fsp3) is 1.00. The van der Waals surface area contributed by atoms with E-state index in [-0.39, 0.29) is 11.9 Å². The van der Waals surface area contributed by atoms with E-state index in [1.165, 1.54) is 12.8 Å². The number of fused-ring (bicyclic) bond motifs is 5. The molecule has 4 bridgehead atoms. The van der Waals surface area contributed by atoms with E-state index >= 15 is 0 Å². The molecule has 0 spiro atoms. The number of ether oxygens (including phenoxy) is 3. The zero-order valence-corrected chi connectivity index (χ0v) is 10.8. The van der Waals surface area contributed by atoms with Crippen LogP contribution in [-0.4, -0.2) is 34.6 Å². The first-order valence-corrected chi connectivity index (χ1v) is 7.02. The Hall–Kier alpha value is 0.610. The highest BCUT2D eigenvalue weighted by molar-refractivity contribution is 14.1. The van der Waals surface area contributed by atoms with E-state index in [1.54, 1.807) is 0 Å². The second-order valence-corrected chi connectivity index (χ2v) is 7.04. The molecule has 3 saturated heterocycles. The van der Waals surface area contributed by atoms with Crippen molar-refractivity contribution in [2.24, 2.45) is 11.8 Å². The third-order valence-electron chi connectivity index (χ3n) is 4.70. The Labute approximate surface area is 103 Å². The molecule has 84 valence electrons. The van der Waals surface area contributed by atoms with Gasteiger partial charge in [-0.3, -0.25) is 0 Å². The van der Waals surface area contributed by atoms with Gasteiger partial charge in [0.1, 0.15) is 5.60 Å². The van der Waals surface area contributed by atoms with Crippen LogP contribution in [0.25, 0.3) is 0 Å². The van der Waals surface area contributed by atoms with Crippen LogP contribution in [0.5, 0.6) is 0 Å². The fourth-order valence-corrected chi connectivity index (χ4v) is 4.96. The van der Waals surface area contributed by atoms with Gasteiger partial charge in [0.25, 0.3) is 0 Å². The van der Waals surface area contributed by atoms with Crippen molar-refractivity contribution in [3.8, 4) is 0 Å². The van der Waals surface area contributed by atoms with Crippen molar-refractivity contribution in [1.29, 1.82) is 0 Å². The van der Waals surface area contributed by atoms with Gasteiger partial charge < -0.3 is 14.2 Å². The molecule has 4 rings (SSSR count). The summed E-state index contributed by atoms with van der Waals surface area (Å²) >= 11 is 2.55. The molecule has 4 aliphatic rings. The maximum atomic E-state index is 6.23. The summed E-state index contributed by atoms with van der Waals surface area (Å²) in [6, 6.07) is 0. The normalized spacial score (nSPS) is 66.0. The van der Waals surface area contributed by atoms with Crippen LogP contribution in [-0.2, 0) is 14.2 Å². The van der Waals surface area contributed by atoms with Crippen molar-refractivity contribution < 1.29 is 14.2 Å². The summed E-state index contributed by atoms with van der Waals surface area (Å²) in [5.74, 6) is 1.33. The van der Waals surface area contributed by atoms with Crippen molar-refractivity contribution >= 4 is 22.6 Å². The van der Waals surface area contributed by atoms with Crippen LogP contribution in [0, 0.1) is 11.8 Å². The first-order valence-electron chi connectivity index (χ1n) is 5.77. The quantitative estimate of drug-likeness (QED) is 0.502.